The number of piperidine rings is 1. The molecule has 228 valence electrons. The average Bonchev–Trinajstić information content (AvgIpc) is 3.42. The summed E-state index contributed by atoms with van der Waals surface area (Å²) in [6.07, 6.45) is -3.82. The number of carbonyl (C=O) groups is 3. The molecule has 3 amide bonds. The van der Waals surface area contributed by atoms with Crippen molar-refractivity contribution >= 4 is 57.6 Å². The van der Waals surface area contributed by atoms with Crippen LogP contribution in [0.5, 0.6) is 0 Å². The maximum atomic E-state index is 15.2. The van der Waals surface area contributed by atoms with Crippen LogP contribution >= 0.6 is 23.4 Å². The molecule has 2 aliphatic heterocycles. The van der Waals surface area contributed by atoms with Crippen molar-refractivity contribution in [2.45, 2.75) is 57.7 Å². The third-order valence-electron chi connectivity index (χ3n) is 6.98. The van der Waals surface area contributed by atoms with Gasteiger partial charge in [-0.1, -0.05) is 23.7 Å². The van der Waals surface area contributed by atoms with E-state index in [1.165, 1.54) is 34.0 Å². The van der Waals surface area contributed by atoms with Crippen LogP contribution in [0, 0.1) is 0 Å². The van der Waals surface area contributed by atoms with Gasteiger partial charge in [-0.15, -0.1) is 0 Å². The lowest BCUT2D eigenvalue weighted by Gasteiger charge is -2.38. The van der Waals surface area contributed by atoms with Gasteiger partial charge >= 0.3 is 12.3 Å². The second-order valence-electron chi connectivity index (χ2n) is 11.3. The molecule has 0 radical (unpaired) electrons. The first kappa shape index (κ1) is 30.9. The Hall–Kier alpha value is -3.58. The zero-order chi connectivity index (χ0) is 31.3. The van der Waals surface area contributed by atoms with Gasteiger partial charge in [0.15, 0.2) is 0 Å². The first-order valence-corrected chi connectivity index (χ1v) is 14.5. The van der Waals surface area contributed by atoms with Crippen molar-refractivity contribution in [3.05, 3.63) is 69.2 Å². The van der Waals surface area contributed by atoms with E-state index in [2.05, 4.69) is 5.10 Å². The standard InChI is InChI=1S/C29H27ClF4N4O4S/c1-28(2,3)42-26(40)36-9-8-23(21(31)15-36)38-25(39)24(43-27(38)41)11-16-4-7-22-18(10-16)13-35-37(22)14-17-5-6-19(30)12-20(17)29(32,33)34/h4-7,10-13,21,23H,8-9,14-15H2,1-3H3/t21-,23+/m1/s1. The summed E-state index contributed by atoms with van der Waals surface area (Å²) in [6, 6.07) is 7.56. The fourth-order valence-corrected chi connectivity index (χ4v) is 6.08. The van der Waals surface area contributed by atoms with E-state index in [0.29, 0.717) is 28.2 Å². The van der Waals surface area contributed by atoms with E-state index in [1.807, 2.05) is 0 Å². The number of alkyl halides is 4. The minimum absolute atomic E-state index is 0.00254. The molecule has 0 aliphatic carbocycles. The Balaban J connectivity index is 1.31. The largest absolute Gasteiger partial charge is 0.444 e. The van der Waals surface area contributed by atoms with Gasteiger partial charge in [0, 0.05) is 17.0 Å². The molecular weight excluding hydrogens is 612 g/mol. The number of hydrogen-bond donors (Lipinski definition) is 0. The van der Waals surface area contributed by atoms with Gasteiger partial charge in [0.05, 0.1) is 41.3 Å². The summed E-state index contributed by atoms with van der Waals surface area (Å²) in [5.41, 5.74) is -0.474. The third kappa shape index (κ3) is 6.67. The summed E-state index contributed by atoms with van der Waals surface area (Å²) in [7, 11) is 0. The Labute approximate surface area is 253 Å². The van der Waals surface area contributed by atoms with Gasteiger partial charge < -0.3 is 9.64 Å². The summed E-state index contributed by atoms with van der Waals surface area (Å²) in [4.78, 5) is 40.6. The van der Waals surface area contributed by atoms with E-state index >= 15 is 4.39 Å². The lowest BCUT2D eigenvalue weighted by atomic mass is 10.0. The minimum atomic E-state index is -4.59. The van der Waals surface area contributed by atoms with Crippen LogP contribution in [0.2, 0.25) is 5.02 Å². The smallest absolute Gasteiger partial charge is 0.416 e. The number of amides is 3. The van der Waals surface area contributed by atoms with Gasteiger partial charge in [-0.2, -0.15) is 18.3 Å². The normalized spacial score (nSPS) is 20.9. The van der Waals surface area contributed by atoms with Crippen LogP contribution < -0.4 is 0 Å². The SMILES string of the molecule is CC(C)(C)OC(=O)N1CC[C@H](N2C(=O)SC(=Cc3ccc4c(cnn4Cc4ccc(Cl)cc4C(F)(F)F)c3)C2=O)[C@H](F)C1. The molecule has 3 aromatic rings. The van der Waals surface area contributed by atoms with Gasteiger partial charge in [-0.3, -0.25) is 19.2 Å². The lowest BCUT2D eigenvalue weighted by molar-refractivity contribution is -0.138. The molecule has 0 spiro atoms. The van der Waals surface area contributed by atoms with Gasteiger partial charge in [0.2, 0.25) is 0 Å². The monoisotopic (exact) mass is 638 g/mol. The number of likely N-dealkylation sites (tertiary alicyclic amines) is 1. The molecule has 2 atom stereocenters. The van der Waals surface area contributed by atoms with E-state index in [-0.39, 0.29) is 41.5 Å². The van der Waals surface area contributed by atoms with Crippen LogP contribution in [-0.4, -0.2) is 67.7 Å². The zero-order valence-electron chi connectivity index (χ0n) is 23.3. The highest BCUT2D eigenvalue weighted by molar-refractivity contribution is 8.18. The second-order valence-corrected chi connectivity index (χ2v) is 12.7. The number of fused-ring (bicyclic) bond motifs is 1. The molecule has 3 heterocycles. The second kappa shape index (κ2) is 11.5. The van der Waals surface area contributed by atoms with Crippen LogP contribution in [-0.2, 0) is 22.3 Å². The van der Waals surface area contributed by atoms with Gasteiger partial charge in [0.1, 0.15) is 11.8 Å². The first-order valence-electron chi connectivity index (χ1n) is 13.3. The Morgan fingerprint density at radius 3 is 2.58 bits per heavy atom. The molecule has 14 heteroatoms. The van der Waals surface area contributed by atoms with Crippen LogP contribution in [0.1, 0.15) is 43.9 Å². The number of ether oxygens (including phenoxy) is 1. The highest BCUT2D eigenvalue weighted by atomic mass is 35.5. The van der Waals surface area contributed by atoms with E-state index in [0.717, 1.165) is 11.0 Å². The average molecular weight is 639 g/mol. The zero-order valence-corrected chi connectivity index (χ0v) is 24.9. The van der Waals surface area contributed by atoms with Crippen molar-refractivity contribution in [1.82, 2.24) is 19.6 Å². The third-order valence-corrected chi connectivity index (χ3v) is 8.09. The summed E-state index contributed by atoms with van der Waals surface area (Å²) in [6.45, 7) is 4.79. The molecule has 0 unspecified atom stereocenters. The Morgan fingerprint density at radius 2 is 1.91 bits per heavy atom. The molecule has 43 heavy (non-hydrogen) atoms. The number of nitrogens with zero attached hydrogens (tertiary/aromatic N) is 4. The molecule has 0 bridgehead atoms. The number of benzene rings is 2. The van der Waals surface area contributed by atoms with E-state index in [1.54, 1.807) is 39.0 Å². The van der Waals surface area contributed by atoms with Crippen LogP contribution in [0.4, 0.5) is 27.2 Å². The number of thioether (sulfide) groups is 1. The molecule has 5 rings (SSSR count). The minimum Gasteiger partial charge on any atom is -0.444 e. The van der Waals surface area contributed by atoms with E-state index in [9.17, 15) is 27.6 Å². The molecule has 0 N–H and O–H groups in total. The molecule has 2 aromatic carbocycles. The van der Waals surface area contributed by atoms with Crippen molar-refractivity contribution in [3.8, 4) is 0 Å². The van der Waals surface area contributed by atoms with Crippen LogP contribution in [0.15, 0.2) is 47.5 Å². The van der Waals surface area contributed by atoms with Crippen molar-refractivity contribution in [1.29, 1.82) is 0 Å². The topological polar surface area (TPSA) is 84.7 Å². The maximum Gasteiger partial charge on any atom is 0.416 e. The molecular formula is C29H27ClF4N4O4S. The number of rotatable bonds is 4. The van der Waals surface area contributed by atoms with Crippen molar-refractivity contribution in [2.75, 3.05) is 13.1 Å². The number of halogens is 5. The predicted molar refractivity (Wildman–Crippen MR) is 154 cm³/mol. The quantitative estimate of drug-likeness (QED) is 0.223. The highest BCUT2D eigenvalue weighted by Crippen LogP contribution is 2.37. The number of hydrogen-bond acceptors (Lipinski definition) is 6. The molecule has 2 aliphatic rings. The number of imide groups is 1. The Kier molecular flexibility index (Phi) is 8.25. The first-order chi connectivity index (χ1) is 20.1. The van der Waals surface area contributed by atoms with Crippen molar-refractivity contribution in [3.63, 3.8) is 0 Å². The number of aromatic nitrogens is 2. The molecule has 8 nitrogen and oxygen atoms in total. The molecule has 2 saturated heterocycles. The van der Waals surface area contributed by atoms with Gasteiger partial charge in [-0.25, -0.2) is 9.18 Å². The van der Waals surface area contributed by atoms with Crippen molar-refractivity contribution < 1.29 is 36.7 Å². The maximum absolute atomic E-state index is 15.2. The Morgan fingerprint density at radius 1 is 1.16 bits per heavy atom. The van der Waals surface area contributed by atoms with Crippen molar-refractivity contribution in [2.24, 2.45) is 0 Å². The van der Waals surface area contributed by atoms with Gasteiger partial charge in [-0.05, 0) is 80.4 Å². The van der Waals surface area contributed by atoms with Crippen LogP contribution in [0.25, 0.3) is 17.0 Å². The molecule has 2 fully saturated rings. The summed E-state index contributed by atoms with van der Waals surface area (Å²) in [5.74, 6) is -0.633. The molecule has 1 aromatic heterocycles. The van der Waals surface area contributed by atoms with E-state index in [4.69, 9.17) is 16.3 Å². The Bertz CT molecular complexity index is 1630. The number of carbonyl (C=O) groups excluding carboxylic acids is 3. The van der Waals surface area contributed by atoms with Gasteiger partial charge in [0.25, 0.3) is 11.1 Å². The lowest BCUT2D eigenvalue weighted by Crippen LogP contribution is -2.55. The summed E-state index contributed by atoms with van der Waals surface area (Å²) >= 11 is 6.48. The predicted octanol–water partition coefficient (Wildman–Crippen LogP) is 7.14. The van der Waals surface area contributed by atoms with Crippen LogP contribution in [0.3, 0.4) is 0 Å². The highest BCUT2D eigenvalue weighted by Gasteiger charge is 2.46. The summed E-state index contributed by atoms with van der Waals surface area (Å²) in [5, 5.41) is 4.21. The summed E-state index contributed by atoms with van der Waals surface area (Å²) < 4.78 is 62.6. The fraction of sp³-hybridized carbons (Fsp3) is 0.379. The fourth-order valence-electron chi connectivity index (χ4n) is 5.03. The van der Waals surface area contributed by atoms with E-state index < -0.39 is 46.8 Å². The molecule has 0 saturated carbocycles.